The number of aldehydes is 1. The molecule has 0 bridgehead atoms. The normalized spacial score (nSPS) is 16.4. The molecule has 0 amide bonds. The van der Waals surface area contributed by atoms with Crippen molar-refractivity contribution >= 4 is 22.2 Å². The van der Waals surface area contributed by atoms with Crippen LogP contribution in [0.15, 0.2) is 16.6 Å². The number of carbonyl (C=O) groups is 1. The summed E-state index contributed by atoms with van der Waals surface area (Å²) in [5.74, 6) is 1.85. The van der Waals surface area contributed by atoms with Crippen LogP contribution in [-0.4, -0.2) is 12.9 Å². The zero-order valence-electron chi connectivity index (χ0n) is 10.9. The molecule has 18 heavy (non-hydrogen) atoms. The van der Waals surface area contributed by atoms with Gasteiger partial charge in [0.1, 0.15) is 12.0 Å². The summed E-state index contributed by atoms with van der Waals surface area (Å²) in [5, 5.41) is 0. The van der Waals surface area contributed by atoms with Gasteiger partial charge in [-0.1, -0.05) is 13.0 Å². The van der Waals surface area contributed by atoms with Crippen LogP contribution in [0.4, 0.5) is 0 Å². The molecular formula is C15H19BrO2. The molecule has 2 nitrogen and oxygen atoms in total. The van der Waals surface area contributed by atoms with Gasteiger partial charge in [-0.25, -0.2) is 0 Å². The van der Waals surface area contributed by atoms with E-state index in [-0.39, 0.29) is 5.92 Å². The molecule has 0 aliphatic heterocycles. The fourth-order valence-corrected chi connectivity index (χ4v) is 2.74. The van der Waals surface area contributed by atoms with E-state index in [1.165, 1.54) is 18.4 Å². The fraction of sp³-hybridized carbons (Fsp3) is 0.533. The highest BCUT2D eigenvalue weighted by Crippen LogP contribution is 2.38. The second-order valence-electron chi connectivity index (χ2n) is 5.22. The standard InChI is InChI=1S/C15H19BrO2/c1-10-7-13(11(2)5-6-17)15(14(16)8-10)18-9-12-3-4-12/h6-8,11-12H,3-5,9H2,1-2H3. The molecule has 0 saturated heterocycles. The van der Waals surface area contributed by atoms with Gasteiger partial charge in [-0.2, -0.15) is 0 Å². The van der Waals surface area contributed by atoms with Gasteiger partial charge < -0.3 is 9.53 Å². The van der Waals surface area contributed by atoms with Crippen LogP contribution >= 0.6 is 15.9 Å². The number of benzene rings is 1. The first-order valence-electron chi connectivity index (χ1n) is 6.48. The highest BCUT2D eigenvalue weighted by Gasteiger charge is 2.23. The van der Waals surface area contributed by atoms with Gasteiger partial charge in [-0.15, -0.1) is 0 Å². The lowest BCUT2D eigenvalue weighted by atomic mass is 9.96. The van der Waals surface area contributed by atoms with Gasteiger partial charge in [0.05, 0.1) is 11.1 Å². The van der Waals surface area contributed by atoms with Crippen LogP contribution < -0.4 is 4.74 Å². The summed E-state index contributed by atoms with van der Waals surface area (Å²) in [6, 6.07) is 4.19. The first kappa shape index (κ1) is 13.6. The molecule has 1 aromatic carbocycles. The number of halogens is 1. The summed E-state index contributed by atoms with van der Waals surface area (Å²) in [6.45, 7) is 4.93. The molecule has 1 aliphatic rings. The quantitative estimate of drug-likeness (QED) is 0.735. The van der Waals surface area contributed by atoms with Gasteiger partial charge >= 0.3 is 0 Å². The molecular weight excluding hydrogens is 292 g/mol. The van der Waals surface area contributed by atoms with Crippen molar-refractivity contribution in [3.8, 4) is 5.75 Å². The Labute approximate surface area is 117 Å². The summed E-state index contributed by atoms with van der Waals surface area (Å²) in [5.41, 5.74) is 2.32. The van der Waals surface area contributed by atoms with E-state index < -0.39 is 0 Å². The molecule has 1 aliphatic carbocycles. The maximum Gasteiger partial charge on any atom is 0.136 e. The predicted octanol–water partition coefficient (Wildman–Crippen LogP) is 4.24. The Morgan fingerprint density at radius 3 is 2.83 bits per heavy atom. The number of aryl methyl sites for hydroxylation is 1. The third-order valence-electron chi connectivity index (χ3n) is 3.36. The largest absolute Gasteiger partial charge is 0.492 e. The van der Waals surface area contributed by atoms with Crippen molar-refractivity contribution in [2.75, 3.05) is 6.61 Å². The minimum atomic E-state index is 0.202. The third kappa shape index (κ3) is 3.35. The van der Waals surface area contributed by atoms with Gasteiger partial charge in [0.2, 0.25) is 0 Å². The lowest BCUT2D eigenvalue weighted by Gasteiger charge is -2.18. The highest BCUT2D eigenvalue weighted by molar-refractivity contribution is 9.10. The van der Waals surface area contributed by atoms with Crippen molar-refractivity contribution in [1.29, 1.82) is 0 Å². The molecule has 3 heteroatoms. The first-order valence-corrected chi connectivity index (χ1v) is 7.27. The third-order valence-corrected chi connectivity index (χ3v) is 3.95. The zero-order valence-corrected chi connectivity index (χ0v) is 12.5. The molecule has 1 atom stereocenters. The molecule has 0 radical (unpaired) electrons. The first-order chi connectivity index (χ1) is 8.61. The van der Waals surface area contributed by atoms with Crippen molar-refractivity contribution < 1.29 is 9.53 Å². The minimum Gasteiger partial charge on any atom is -0.492 e. The second kappa shape index (κ2) is 5.87. The average Bonchev–Trinajstić information content (AvgIpc) is 3.11. The molecule has 0 spiro atoms. The van der Waals surface area contributed by atoms with Crippen molar-refractivity contribution in [1.82, 2.24) is 0 Å². The molecule has 0 aromatic heterocycles. The Bertz CT molecular complexity index is 438. The smallest absolute Gasteiger partial charge is 0.136 e. The van der Waals surface area contributed by atoms with Crippen LogP contribution in [0.5, 0.6) is 5.75 Å². The van der Waals surface area contributed by atoms with Crippen molar-refractivity contribution in [2.24, 2.45) is 5.92 Å². The fourth-order valence-electron chi connectivity index (χ4n) is 2.03. The van der Waals surface area contributed by atoms with Crippen LogP contribution in [0.1, 0.15) is 43.2 Å². The summed E-state index contributed by atoms with van der Waals surface area (Å²) < 4.78 is 6.95. The Kier molecular flexibility index (Phi) is 4.44. The van der Waals surface area contributed by atoms with Gasteiger partial charge in [0.25, 0.3) is 0 Å². The highest BCUT2D eigenvalue weighted by atomic mass is 79.9. The molecule has 1 unspecified atom stereocenters. The monoisotopic (exact) mass is 310 g/mol. The van der Waals surface area contributed by atoms with Gasteiger partial charge in [-0.05, 0) is 64.7 Å². The van der Waals surface area contributed by atoms with Gasteiger partial charge in [-0.3, -0.25) is 0 Å². The van der Waals surface area contributed by atoms with Crippen molar-refractivity contribution in [2.45, 2.75) is 39.0 Å². The van der Waals surface area contributed by atoms with Crippen LogP contribution in [0.3, 0.4) is 0 Å². The molecule has 0 N–H and O–H groups in total. The van der Waals surface area contributed by atoms with Gasteiger partial charge in [0, 0.05) is 6.42 Å². The van der Waals surface area contributed by atoms with E-state index in [2.05, 4.69) is 41.9 Å². The molecule has 98 valence electrons. The number of ether oxygens (including phenoxy) is 1. The van der Waals surface area contributed by atoms with E-state index in [0.29, 0.717) is 6.42 Å². The summed E-state index contributed by atoms with van der Waals surface area (Å²) in [6.07, 6.45) is 4.08. The summed E-state index contributed by atoms with van der Waals surface area (Å²) in [4.78, 5) is 10.7. The maximum absolute atomic E-state index is 10.7. The maximum atomic E-state index is 10.7. The van der Waals surface area contributed by atoms with Crippen LogP contribution in [0.25, 0.3) is 0 Å². The predicted molar refractivity (Wildman–Crippen MR) is 76.2 cm³/mol. The minimum absolute atomic E-state index is 0.202. The molecule has 1 fully saturated rings. The van der Waals surface area contributed by atoms with E-state index in [0.717, 1.165) is 34.6 Å². The summed E-state index contributed by atoms with van der Waals surface area (Å²) in [7, 11) is 0. The number of carbonyl (C=O) groups excluding carboxylic acids is 1. The van der Waals surface area contributed by atoms with Gasteiger partial charge in [0.15, 0.2) is 0 Å². The van der Waals surface area contributed by atoms with Crippen LogP contribution in [0, 0.1) is 12.8 Å². The second-order valence-corrected chi connectivity index (χ2v) is 6.08. The molecule has 1 saturated carbocycles. The Morgan fingerprint density at radius 1 is 1.50 bits per heavy atom. The number of rotatable bonds is 6. The van der Waals surface area contributed by atoms with E-state index in [1.807, 2.05) is 0 Å². The Morgan fingerprint density at radius 2 is 2.22 bits per heavy atom. The lowest BCUT2D eigenvalue weighted by molar-refractivity contribution is -0.108. The molecule has 1 aromatic rings. The van der Waals surface area contributed by atoms with E-state index in [1.54, 1.807) is 0 Å². The van der Waals surface area contributed by atoms with Crippen LogP contribution in [0.2, 0.25) is 0 Å². The zero-order chi connectivity index (χ0) is 13.1. The SMILES string of the molecule is Cc1cc(Br)c(OCC2CC2)c(C(C)CC=O)c1. The van der Waals surface area contributed by atoms with E-state index in [4.69, 9.17) is 4.74 Å². The van der Waals surface area contributed by atoms with E-state index in [9.17, 15) is 4.79 Å². The van der Waals surface area contributed by atoms with E-state index >= 15 is 0 Å². The number of hydrogen-bond donors (Lipinski definition) is 0. The topological polar surface area (TPSA) is 26.3 Å². The average molecular weight is 311 g/mol. The van der Waals surface area contributed by atoms with Crippen molar-refractivity contribution in [3.05, 3.63) is 27.7 Å². The molecule has 0 heterocycles. The lowest BCUT2D eigenvalue weighted by Crippen LogP contribution is -2.05. The molecule has 2 rings (SSSR count). The number of hydrogen-bond acceptors (Lipinski definition) is 2. The Hall–Kier alpha value is -0.830. The van der Waals surface area contributed by atoms with Crippen molar-refractivity contribution in [3.63, 3.8) is 0 Å². The Balaban J connectivity index is 2.24. The van der Waals surface area contributed by atoms with Crippen LogP contribution in [-0.2, 0) is 4.79 Å². The summed E-state index contributed by atoms with van der Waals surface area (Å²) >= 11 is 3.57.